The third-order valence-corrected chi connectivity index (χ3v) is 7.06. The average Bonchev–Trinajstić information content (AvgIpc) is 3.26. The molecular weight excluding hydrogens is 388 g/mol. The van der Waals surface area contributed by atoms with Gasteiger partial charge in [-0.25, -0.2) is 0 Å². The summed E-state index contributed by atoms with van der Waals surface area (Å²) in [7, 11) is 0. The van der Waals surface area contributed by atoms with E-state index in [1.165, 1.54) is 39.5 Å². The van der Waals surface area contributed by atoms with Crippen LogP contribution in [0.3, 0.4) is 0 Å². The lowest BCUT2D eigenvalue weighted by Gasteiger charge is -2.13. The van der Waals surface area contributed by atoms with E-state index in [0.717, 1.165) is 33.4 Å². The lowest BCUT2D eigenvalue weighted by molar-refractivity contribution is -0.115. The van der Waals surface area contributed by atoms with Gasteiger partial charge in [-0.3, -0.25) is 4.79 Å². The first-order valence-electron chi connectivity index (χ1n) is 9.39. The summed E-state index contributed by atoms with van der Waals surface area (Å²) in [6.07, 6.45) is 0.729. The van der Waals surface area contributed by atoms with Crippen LogP contribution in [0.5, 0.6) is 0 Å². The number of thioether (sulfide) groups is 1. The van der Waals surface area contributed by atoms with Gasteiger partial charge < -0.3 is 9.88 Å². The number of hydrogen-bond acceptors (Lipinski definition) is 5. The van der Waals surface area contributed by atoms with Crippen LogP contribution < -0.4 is 5.32 Å². The van der Waals surface area contributed by atoms with Crippen LogP contribution in [0.25, 0.3) is 21.8 Å². The number of aromatic nitrogens is 3. The second kappa shape index (κ2) is 7.93. The maximum absolute atomic E-state index is 12.8. The van der Waals surface area contributed by atoms with Crippen LogP contribution in [0, 0.1) is 6.92 Å². The molecule has 0 aliphatic carbocycles. The van der Waals surface area contributed by atoms with Gasteiger partial charge in [0.1, 0.15) is 5.01 Å². The molecular formula is C21H22N4OS2. The summed E-state index contributed by atoms with van der Waals surface area (Å²) < 4.78 is 3.14. The molecule has 0 spiro atoms. The van der Waals surface area contributed by atoms with E-state index in [1.54, 1.807) is 0 Å². The molecule has 2 aromatic carbocycles. The van der Waals surface area contributed by atoms with Crippen LogP contribution in [0.1, 0.15) is 25.3 Å². The molecule has 144 valence electrons. The Morgan fingerprint density at radius 1 is 1.14 bits per heavy atom. The van der Waals surface area contributed by atoms with Crippen molar-refractivity contribution in [1.82, 2.24) is 14.8 Å². The molecule has 0 fully saturated rings. The van der Waals surface area contributed by atoms with Crippen molar-refractivity contribution in [3.63, 3.8) is 0 Å². The highest BCUT2D eigenvalue weighted by atomic mass is 32.2. The fraction of sp³-hybridized carbons (Fsp3) is 0.286. The molecule has 1 N–H and O–H groups in total. The van der Waals surface area contributed by atoms with Crippen LogP contribution in [-0.4, -0.2) is 25.9 Å². The molecule has 7 heteroatoms. The number of fused-ring (bicyclic) bond motifs is 3. The van der Waals surface area contributed by atoms with Crippen LogP contribution in [-0.2, 0) is 11.3 Å². The fourth-order valence-electron chi connectivity index (χ4n) is 3.46. The quantitative estimate of drug-likeness (QED) is 0.427. The number of nitrogens with one attached hydrogen (secondary N) is 1. The van der Waals surface area contributed by atoms with Crippen molar-refractivity contribution in [2.45, 2.75) is 43.3 Å². The molecule has 4 rings (SSSR count). The highest BCUT2D eigenvalue weighted by Gasteiger charge is 2.20. The topological polar surface area (TPSA) is 59.8 Å². The number of hydrogen-bond donors (Lipinski definition) is 1. The van der Waals surface area contributed by atoms with E-state index >= 15 is 0 Å². The summed E-state index contributed by atoms with van der Waals surface area (Å²) in [5, 5.41) is 14.3. The van der Waals surface area contributed by atoms with E-state index in [9.17, 15) is 4.79 Å². The number of carbonyl (C=O) groups excluding carboxylic acids is 1. The Morgan fingerprint density at radius 3 is 2.64 bits per heavy atom. The summed E-state index contributed by atoms with van der Waals surface area (Å²) in [5.74, 6) is -0.000988. The molecule has 0 radical (unpaired) electrons. The molecule has 0 saturated carbocycles. The highest BCUT2D eigenvalue weighted by molar-refractivity contribution is 8.02. The Morgan fingerprint density at radius 2 is 1.93 bits per heavy atom. The molecule has 4 aromatic rings. The van der Waals surface area contributed by atoms with Gasteiger partial charge in [0, 0.05) is 34.0 Å². The standard InChI is InChI=1S/C21H22N4OS2/c1-4-19(28-21-24-23-13(3)27-21)20(26)22-14-10-11-18-16(12-14)15-8-6-7-9-17(15)25(18)5-2/h6-12,19H,4-5H2,1-3H3,(H,22,26). The lowest BCUT2D eigenvalue weighted by Crippen LogP contribution is -2.24. The molecule has 0 aliphatic heterocycles. The minimum absolute atomic E-state index is 0.000988. The summed E-state index contributed by atoms with van der Waals surface area (Å²) >= 11 is 3.00. The van der Waals surface area contributed by atoms with Crippen LogP contribution >= 0.6 is 23.1 Å². The molecule has 1 atom stereocenters. The monoisotopic (exact) mass is 410 g/mol. The predicted molar refractivity (Wildman–Crippen MR) is 118 cm³/mol. The number of amides is 1. The van der Waals surface area contributed by atoms with Crippen molar-refractivity contribution >= 4 is 56.5 Å². The number of benzene rings is 2. The van der Waals surface area contributed by atoms with E-state index in [4.69, 9.17) is 0 Å². The molecule has 1 unspecified atom stereocenters. The van der Waals surface area contributed by atoms with E-state index in [1.807, 2.05) is 19.9 Å². The van der Waals surface area contributed by atoms with Crippen LogP contribution in [0.15, 0.2) is 46.8 Å². The van der Waals surface area contributed by atoms with Crippen molar-refractivity contribution < 1.29 is 4.79 Å². The predicted octanol–water partition coefficient (Wildman–Crippen LogP) is 5.48. The van der Waals surface area contributed by atoms with Gasteiger partial charge >= 0.3 is 0 Å². The van der Waals surface area contributed by atoms with Gasteiger partial charge in [0.25, 0.3) is 0 Å². The molecule has 1 amide bonds. The summed E-state index contributed by atoms with van der Waals surface area (Å²) in [6.45, 7) is 7.00. The fourth-order valence-corrected chi connectivity index (χ4v) is 5.45. The van der Waals surface area contributed by atoms with Crippen molar-refractivity contribution in [2.75, 3.05) is 5.32 Å². The summed E-state index contributed by atoms with van der Waals surface area (Å²) in [6, 6.07) is 14.6. The number of aryl methyl sites for hydroxylation is 2. The second-order valence-corrected chi connectivity index (χ2v) is 9.22. The Labute approximate surface area is 172 Å². The van der Waals surface area contributed by atoms with Gasteiger partial charge in [-0.05, 0) is 44.5 Å². The minimum Gasteiger partial charge on any atom is -0.341 e. The summed E-state index contributed by atoms with van der Waals surface area (Å²) in [5.41, 5.74) is 3.23. The molecule has 0 bridgehead atoms. The zero-order valence-corrected chi connectivity index (χ0v) is 17.7. The van der Waals surface area contributed by atoms with Gasteiger partial charge in [0.15, 0.2) is 4.34 Å². The van der Waals surface area contributed by atoms with Crippen LogP contribution in [0.2, 0.25) is 0 Å². The SMILES string of the molecule is CCC(Sc1nnc(C)s1)C(=O)Nc1ccc2c(c1)c1ccccc1n2CC. The number of anilines is 1. The van der Waals surface area contributed by atoms with Gasteiger partial charge in [-0.15, -0.1) is 10.2 Å². The molecule has 0 saturated heterocycles. The average molecular weight is 411 g/mol. The normalized spacial score (nSPS) is 12.5. The molecule has 2 aromatic heterocycles. The number of carbonyl (C=O) groups is 1. The van der Waals surface area contributed by atoms with E-state index < -0.39 is 0 Å². The van der Waals surface area contributed by atoms with Crippen molar-refractivity contribution in [3.8, 4) is 0 Å². The van der Waals surface area contributed by atoms with E-state index in [2.05, 4.69) is 63.4 Å². The molecule has 5 nitrogen and oxygen atoms in total. The second-order valence-electron chi connectivity index (χ2n) is 6.58. The van der Waals surface area contributed by atoms with Gasteiger partial charge in [-0.2, -0.15) is 0 Å². The van der Waals surface area contributed by atoms with Crippen LogP contribution in [0.4, 0.5) is 5.69 Å². The van der Waals surface area contributed by atoms with E-state index in [-0.39, 0.29) is 11.2 Å². The largest absolute Gasteiger partial charge is 0.341 e. The van der Waals surface area contributed by atoms with Gasteiger partial charge in [0.2, 0.25) is 5.91 Å². The Kier molecular flexibility index (Phi) is 5.37. The van der Waals surface area contributed by atoms with E-state index in [0.29, 0.717) is 0 Å². The first-order chi connectivity index (χ1) is 13.6. The number of rotatable bonds is 6. The zero-order chi connectivity index (χ0) is 19.7. The maximum atomic E-state index is 12.8. The minimum atomic E-state index is -0.194. The first-order valence-corrected chi connectivity index (χ1v) is 11.1. The molecule has 0 aliphatic rings. The third-order valence-electron chi connectivity index (χ3n) is 4.77. The maximum Gasteiger partial charge on any atom is 0.237 e. The Balaban J connectivity index is 1.62. The van der Waals surface area contributed by atoms with Crippen molar-refractivity contribution in [1.29, 1.82) is 0 Å². The first kappa shape index (κ1) is 19.0. The zero-order valence-electron chi connectivity index (χ0n) is 16.1. The third kappa shape index (κ3) is 3.52. The van der Waals surface area contributed by atoms with Crippen molar-refractivity contribution in [2.24, 2.45) is 0 Å². The van der Waals surface area contributed by atoms with Gasteiger partial charge in [0.05, 0.1) is 5.25 Å². The highest BCUT2D eigenvalue weighted by Crippen LogP contribution is 2.32. The molecule has 2 heterocycles. The van der Waals surface area contributed by atoms with Crippen molar-refractivity contribution in [3.05, 3.63) is 47.5 Å². The summed E-state index contributed by atoms with van der Waals surface area (Å²) in [4.78, 5) is 12.8. The smallest absolute Gasteiger partial charge is 0.237 e. The number of para-hydroxylation sites is 1. The number of nitrogens with zero attached hydrogens (tertiary/aromatic N) is 3. The molecule has 28 heavy (non-hydrogen) atoms. The van der Waals surface area contributed by atoms with Gasteiger partial charge in [-0.1, -0.05) is 48.2 Å². The Hall–Kier alpha value is -2.38. The Bertz CT molecular complexity index is 1150. The lowest BCUT2D eigenvalue weighted by atomic mass is 10.1.